The third-order valence-electron chi connectivity index (χ3n) is 9.53. The Balaban J connectivity index is 1.60. The van der Waals surface area contributed by atoms with Crippen molar-refractivity contribution >= 4 is 10.0 Å². The highest BCUT2D eigenvalue weighted by molar-refractivity contribution is 7.88. The van der Waals surface area contributed by atoms with Gasteiger partial charge in [-0.2, -0.15) is 4.31 Å². The van der Waals surface area contributed by atoms with E-state index in [-0.39, 0.29) is 29.4 Å². The van der Waals surface area contributed by atoms with E-state index in [4.69, 9.17) is 4.74 Å². The molecule has 7 heteroatoms. The minimum atomic E-state index is -3.42. The van der Waals surface area contributed by atoms with Gasteiger partial charge in [-0.05, 0) is 68.6 Å². The number of aliphatic hydroxyl groups is 2. The van der Waals surface area contributed by atoms with Crippen molar-refractivity contribution in [2.75, 3.05) is 33.1 Å². The van der Waals surface area contributed by atoms with Gasteiger partial charge >= 0.3 is 0 Å². The minimum Gasteiger partial charge on any atom is -0.393 e. The largest absolute Gasteiger partial charge is 0.393 e. The molecule has 0 heterocycles. The highest BCUT2D eigenvalue weighted by Gasteiger charge is 2.62. The van der Waals surface area contributed by atoms with Crippen LogP contribution in [-0.2, 0) is 14.8 Å². The lowest BCUT2D eigenvalue weighted by Crippen LogP contribution is -2.56. The summed E-state index contributed by atoms with van der Waals surface area (Å²) in [5, 5.41) is 22.1. The van der Waals surface area contributed by atoms with E-state index in [1.165, 1.54) is 21.7 Å². The summed E-state index contributed by atoms with van der Waals surface area (Å²) in [6.45, 7) is 5.58. The maximum absolute atomic E-state index is 12.5. The number of fused-ring (bicyclic) bond motifs is 5. The first-order valence-electron chi connectivity index (χ1n) is 12.2. The van der Waals surface area contributed by atoms with Crippen molar-refractivity contribution in [2.24, 2.45) is 22.7 Å². The van der Waals surface area contributed by atoms with Gasteiger partial charge in [-0.3, -0.25) is 0 Å². The summed E-state index contributed by atoms with van der Waals surface area (Å²) in [6.07, 6.45) is 12.2. The van der Waals surface area contributed by atoms with Crippen LogP contribution in [0.1, 0.15) is 65.2 Å². The van der Waals surface area contributed by atoms with Gasteiger partial charge in [0.1, 0.15) is 0 Å². The lowest BCUT2D eigenvalue weighted by atomic mass is 9.50. The van der Waals surface area contributed by atoms with E-state index < -0.39 is 15.6 Å². The molecule has 4 rings (SSSR count). The van der Waals surface area contributed by atoms with Crippen LogP contribution in [0.3, 0.4) is 0 Å². The number of sulfonamides is 1. The Morgan fingerprint density at radius 2 is 1.84 bits per heavy atom. The van der Waals surface area contributed by atoms with E-state index in [1.54, 1.807) is 7.11 Å². The molecule has 6 unspecified atom stereocenters. The van der Waals surface area contributed by atoms with E-state index in [9.17, 15) is 18.6 Å². The number of ether oxygens (including phenoxy) is 1. The van der Waals surface area contributed by atoms with Crippen LogP contribution < -0.4 is 0 Å². The molecule has 0 spiro atoms. The molecule has 0 aliphatic heterocycles. The molecule has 0 bridgehead atoms. The molecule has 0 radical (unpaired) electrons. The highest BCUT2D eigenvalue weighted by Crippen LogP contribution is 2.66. The van der Waals surface area contributed by atoms with Gasteiger partial charge in [-0.15, -0.1) is 0 Å². The molecule has 3 saturated carbocycles. The molecule has 32 heavy (non-hydrogen) atoms. The maximum Gasteiger partial charge on any atom is 0.211 e. The topological polar surface area (TPSA) is 87.1 Å². The van der Waals surface area contributed by atoms with E-state index >= 15 is 0 Å². The fourth-order valence-corrected chi connectivity index (χ4v) is 8.30. The highest BCUT2D eigenvalue weighted by atomic mass is 32.2. The molecule has 3 fully saturated rings. The molecule has 0 saturated heterocycles. The van der Waals surface area contributed by atoms with Gasteiger partial charge in [0, 0.05) is 32.2 Å². The van der Waals surface area contributed by atoms with Crippen LogP contribution in [0.15, 0.2) is 23.3 Å². The summed E-state index contributed by atoms with van der Waals surface area (Å²) in [5.41, 5.74) is 1.55. The molecule has 0 aromatic heterocycles. The average molecular weight is 468 g/mol. The second-order valence-electron chi connectivity index (χ2n) is 11.2. The van der Waals surface area contributed by atoms with Crippen LogP contribution >= 0.6 is 0 Å². The summed E-state index contributed by atoms with van der Waals surface area (Å²) in [6, 6.07) is 0. The normalized spacial score (nSPS) is 41.5. The van der Waals surface area contributed by atoms with Crippen LogP contribution in [0.25, 0.3) is 0 Å². The van der Waals surface area contributed by atoms with Gasteiger partial charge in [-0.1, -0.05) is 37.1 Å². The Bertz CT molecular complexity index is 898. The monoisotopic (exact) mass is 467 g/mol. The van der Waals surface area contributed by atoms with Gasteiger partial charge in [0.25, 0.3) is 0 Å². The van der Waals surface area contributed by atoms with Crippen molar-refractivity contribution in [2.45, 2.75) is 76.9 Å². The molecule has 6 nitrogen and oxygen atoms in total. The summed E-state index contributed by atoms with van der Waals surface area (Å²) in [4.78, 5) is 0. The predicted octanol–water partition coefficient (Wildman–Crippen LogP) is 3.26. The van der Waals surface area contributed by atoms with Crippen LogP contribution in [0, 0.1) is 22.7 Å². The van der Waals surface area contributed by atoms with Gasteiger partial charge in [-0.25, -0.2) is 8.42 Å². The van der Waals surface area contributed by atoms with E-state index in [0.717, 1.165) is 38.5 Å². The predicted molar refractivity (Wildman–Crippen MR) is 126 cm³/mol. The molecule has 4 aliphatic rings. The summed E-state index contributed by atoms with van der Waals surface area (Å²) < 4.78 is 31.6. The number of methoxy groups -OCH3 is 1. The number of allylic oxidation sites excluding steroid dienone is 3. The molecule has 6 atom stereocenters. The van der Waals surface area contributed by atoms with Crippen molar-refractivity contribution in [1.29, 1.82) is 0 Å². The number of hydrogen-bond donors (Lipinski definition) is 2. The molecule has 0 amide bonds. The van der Waals surface area contributed by atoms with Crippen LogP contribution in [-0.4, -0.2) is 67.7 Å². The summed E-state index contributed by atoms with van der Waals surface area (Å²) in [7, 11) is -1.80. The first-order valence-corrected chi connectivity index (χ1v) is 14.0. The van der Waals surface area contributed by atoms with E-state index in [0.29, 0.717) is 31.9 Å². The maximum atomic E-state index is 12.5. The van der Waals surface area contributed by atoms with Gasteiger partial charge < -0.3 is 14.9 Å². The van der Waals surface area contributed by atoms with Crippen molar-refractivity contribution in [3.05, 3.63) is 23.3 Å². The Hall–Kier alpha value is -0.730. The quantitative estimate of drug-likeness (QED) is 0.561. The average Bonchev–Trinajstić information content (AvgIpc) is 2.98. The van der Waals surface area contributed by atoms with Gasteiger partial charge in [0.15, 0.2) is 0 Å². The lowest BCUT2D eigenvalue weighted by Gasteiger charge is -2.56. The zero-order valence-electron chi connectivity index (χ0n) is 20.1. The summed E-state index contributed by atoms with van der Waals surface area (Å²) >= 11 is 0. The number of nitrogens with zero attached hydrogens (tertiary/aromatic N) is 1. The SMILES string of the molecule is COCCCN(CC1(O)CCC2C3=CC=C4CC(O)CCC4(C)C3CCC21C)S(C)(=O)=O. The molecular weight excluding hydrogens is 426 g/mol. The zero-order valence-corrected chi connectivity index (χ0v) is 21.0. The van der Waals surface area contributed by atoms with Crippen molar-refractivity contribution in [3.8, 4) is 0 Å². The molecular formula is C25H41NO5S. The molecule has 0 aromatic carbocycles. The van der Waals surface area contributed by atoms with Gasteiger partial charge in [0.2, 0.25) is 10.0 Å². The molecule has 2 N–H and O–H groups in total. The smallest absolute Gasteiger partial charge is 0.211 e. The van der Waals surface area contributed by atoms with E-state index in [1.807, 2.05) is 0 Å². The Kier molecular flexibility index (Phi) is 6.47. The zero-order chi connectivity index (χ0) is 23.4. The standard InChI is InChI=1S/C25H41NO5S/c1-23-11-8-19(27)16-18(23)6-7-20-21(23)9-12-24(2)22(20)10-13-25(24,28)17-26(32(4,29)30)14-5-15-31-3/h6-7,19,21-22,27-28H,5,8-17H2,1-4H3. The first kappa shape index (κ1) is 24.4. The molecule has 4 aliphatic carbocycles. The fraction of sp³-hybridized carbons (Fsp3) is 0.840. The lowest BCUT2D eigenvalue weighted by molar-refractivity contribution is -0.0929. The number of hydrogen-bond acceptors (Lipinski definition) is 5. The van der Waals surface area contributed by atoms with Crippen molar-refractivity contribution in [3.63, 3.8) is 0 Å². The molecule has 0 aromatic rings. The second-order valence-corrected chi connectivity index (χ2v) is 13.2. The summed E-state index contributed by atoms with van der Waals surface area (Å²) in [5.74, 6) is 0.733. The van der Waals surface area contributed by atoms with Crippen LogP contribution in [0.4, 0.5) is 0 Å². The van der Waals surface area contributed by atoms with E-state index in [2.05, 4.69) is 26.0 Å². The second kappa shape index (κ2) is 8.49. The third kappa shape index (κ3) is 3.92. The number of rotatable bonds is 7. The van der Waals surface area contributed by atoms with Crippen LogP contribution in [0.5, 0.6) is 0 Å². The Morgan fingerprint density at radius 3 is 2.53 bits per heavy atom. The fourth-order valence-electron chi connectivity index (χ4n) is 7.39. The van der Waals surface area contributed by atoms with Crippen LogP contribution in [0.2, 0.25) is 0 Å². The Labute approximate surface area is 193 Å². The molecule has 182 valence electrons. The number of aliphatic hydroxyl groups excluding tert-OH is 1. The van der Waals surface area contributed by atoms with Crippen molar-refractivity contribution in [1.82, 2.24) is 4.31 Å². The first-order chi connectivity index (χ1) is 14.9. The third-order valence-corrected chi connectivity index (χ3v) is 10.8. The Morgan fingerprint density at radius 1 is 1.12 bits per heavy atom. The minimum absolute atomic E-state index is 0.101. The van der Waals surface area contributed by atoms with Crippen molar-refractivity contribution < 1.29 is 23.4 Å². The van der Waals surface area contributed by atoms with Gasteiger partial charge in [0.05, 0.1) is 18.0 Å².